The van der Waals surface area contributed by atoms with Crippen LogP contribution in [0.15, 0.2) is 0 Å². The number of rotatable bonds is 0. The molecule has 0 atom stereocenters. The van der Waals surface area contributed by atoms with Crippen LogP contribution < -0.4 is 150 Å². The summed E-state index contributed by atoms with van der Waals surface area (Å²) in [6, 6.07) is 0. The Bertz CT molecular complexity index is 26.8. The quantitative estimate of drug-likeness (QED) is 0.155. The number of hydrogen-bond acceptors (Lipinski definition) is 7. The zero-order valence-corrected chi connectivity index (χ0v) is 23.6. The molecule has 0 aromatic heterocycles. The van der Waals surface area contributed by atoms with Gasteiger partial charge in [0.05, 0.1) is 0 Å². The second-order valence-corrected chi connectivity index (χ2v) is 0. The van der Waals surface area contributed by atoms with Crippen LogP contribution in [-0.2, 0) is 40.5 Å². The molecule has 0 amide bonds. The van der Waals surface area contributed by atoms with E-state index < -0.39 is 0 Å². The van der Waals surface area contributed by atoms with Gasteiger partial charge in [0.2, 0.25) is 0 Å². The molecule has 0 aliphatic rings. The molecule has 0 bridgehead atoms. The van der Waals surface area contributed by atoms with E-state index in [9.17, 15) is 0 Å². The second kappa shape index (κ2) is 389. The summed E-state index contributed by atoms with van der Waals surface area (Å²) in [5, 5.41) is 0. The minimum Gasteiger partial charge on any atom is -2.00 e. The third-order valence-electron chi connectivity index (χ3n) is 0. The Morgan fingerprint density at radius 3 is 0.294 bits per heavy atom. The van der Waals surface area contributed by atoms with E-state index in [2.05, 4.69) is 0 Å². The Balaban J connectivity index is 0. The van der Waals surface area contributed by atoms with Crippen LogP contribution in [-0.4, -0.2) is 24.4 Å². The molecule has 33 N–H and O–H groups in total. The van der Waals surface area contributed by atoms with Crippen LogP contribution >= 0.6 is 0 Å². The molecule has 0 aromatic carbocycles. The van der Waals surface area contributed by atoms with Gasteiger partial charge in [0.15, 0.2) is 0 Å². The van der Waals surface area contributed by atoms with Crippen molar-refractivity contribution in [2.24, 2.45) is 0 Å². The summed E-state index contributed by atoms with van der Waals surface area (Å²) in [4.78, 5) is 0. The number of hydrogen-bond donors (Lipinski definition) is 10. The largest absolute Gasteiger partial charge is 3.00 e. The minimum absolute atomic E-state index is 0. The van der Waals surface area contributed by atoms with Crippen molar-refractivity contribution in [1.29, 1.82) is 0 Å². The Morgan fingerprint density at radius 1 is 0.294 bits per heavy atom. The first-order chi connectivity index (χ1) is 0. The molecule has 0 rings (SSSR count). The zero-order chi connectivity index (χ0) is 0. The molecule has 0 fully saturated rings. The molecule has 0 spiro atoms. The van der Waals surface area contributed by atoms with Crippen LogP contribution in [0.1, 0.15) is 0 Å². The molecule has 0 saturated heterocycles. The van der Waals surface area contributed by atoms with E-state index in [-0.39, 0.29) is 215 Å². The van der Waals surface area contributed by atoms with Crippen LogP contribution in [0.3, 0.4) is 0 Å². The molecule has 0 aromatic rings. The summed E-state index contributed by atoms with van der Waals surface area (Å²) < 4.78 is 0. The van der Waals surface area contributed by atoms with Crippen molar-refractivity contribution in [3.8, 4) is 0 Å². The summed E-state index contributed by atoms with van der Waals surface area (Å²) in [6.45, 7) is 0. The molecule has 0 saturated carbocycles. The van der Waals surface area contributed by atoms with E-state index in [0.717, 1.165) is 0 Å². The topological polar surface area (TPSA) is 354 Å². The van der Waals surface area contributed by atoms with Gasteiger partial charge < -0.3 is 102 Å². The van der Waals surface area contributed by atoms with Crippen molar-refractivity contribution in [3.05, 3.63) is 0 Å². The SMILES string of the molecule is N.N.N.N.N.N.N.[NH4+].[NH4+].[NH4+].[Na+].[Na+].[Na+].[S-2].[S-2].[S-2].[Sb+3]. The summed E-state index contributed by atoms with van der Waals surface area (Å²) in [7, 11) is 0. The normalized spacial score (nSPS) is 0. The molecule has 106 valence electrons. The summed E-state index contributed by atoms with van der Waals surface area (Å²) in [6.07, 6.45) is 0. The van der Waals surface area contributed by atoms with Crippen molar-refractivity contribution < 1.29 is 88.7 Å². The van der Waals surface area contributed by atoms with Gasteiger partial charge in [0, 0.05) is 0 Å². The maximum absolute atomic E-state index is 0. The van der Waals surface area contributed by atoms with Gasteiger partial charge in [-0.15, -0.1) is 0 Å². The van der Waals surface area contributed by atoms with Gasteiger partial charge in [-0.05, 0) is 0 Å². The van der Waals surface area contributed by atoms with Crippen LogP contribution in [0, 0.1) is 0 Å². The fourth-order valence-corrected chi connectivity index (χ4v) is 0. The van der Waals surface area contributed by atoms with Crippen molar-refractivity contribution in [3.63, 3.8) is 0 Å². The van der Waals surface area contributed by atoms with Gasteiger partial charge in [0.1, 0.15) is 0 Å². The van der Waals surface area contributed by atoms with E-state index in [1.807, 2.05) is 0 Å². The molecule has 0 aliphatic heterocycles. The van der Waals surface area contributed by atoms with Gasteiger partial charge in [-0.1, -0.05) is 0 Å². The van der Waals surface area contributed by atoms with Gasteiger partial charge in [-0.25, -0.2) is 0 Å². The van der Waals surface area contributed by atoms with Crippen LogP contribution in [0.25, 0.3) is 0 Å². The van der Waals surface area contributed by atoms with Crippen LogP contribution in [0.5, 0.6) is 0 Å². The van der Waals surface area contributed by atoms with Gasteiger partial charge in [-0.2, -0.15) is 0 Å². The third kappa shape index (κ3) is 350. The smallest absolute Gasteiger partial charge is 2.00 e. The Kier molecular flexibility index (Phi) is 10300. The van der Waals surface area contributed by atoms with Gasteiger partial charge >= 0.3 is 113 Å². The van der Waals surface area contributed by atoms with Crippen LogP contribution in [0.4, 0.5) is 0 Å². The van der Waals surface area contributed by atoms with E-state index >= 15 is 0 Å². The standard InChI is InChI=1S/10H3N.3Na.3S.Sb/h10*1H3;;;;;;;/q;;;;;;;;;;3*+1;3*-2;+3/p+3. The molecule has 0 heterocycles. The molecule has 10 nitrogen and oxygen atoms in total. The van der Waals surface area contributed by atoms with Gasteiger partial charge in [0.25, 0.3) is 0 Å². The fourth-order valence-electron chi connectivity index (χ4n) is 0. The van der Waals surface area contributed by atoms with E-state index in [1.165, 1.54) is 0 Å². The molecule has 0 unspecified atom stereocenters. The van der Waals surface area contributed by atoms with Crippen molar-refractivity contribution in [2.45, 2.75) is 0 Å². The Hall–Kier alpha value is 4.47. The van der Waals surface area contributed by atoms with Gasteiger partial charge in [-0.3, -0.25) is 0 Å². The zero-order valence-electron chi connectivity index (χ0n) is 12.6. The third-order valence-corrected chi connectivity index (χ3v) is 0. The fraction of sp³-hybridized carbons (Fsp3) is 0. The average Bonchev–Trinajstić information content (AvgIpc) is 0. The van der Waals surface area contributed by atoms with Crippen LogP contribution in [0.2, 0.25) is 0 Å². The second-order valence-electron chi connectivity index (χ2n) is 0. The molecule has 17 heteroatoms. The minimum atomic E-state index is 0. The average molecular weight is 460 g/mol. The van der Waals surface area contributed by atoms with Crippen molar-refractivity contribution in [2.75, 3.05) is 0 Å². The Morgan fingerprint density at radius 2 is 0.294 bits per heavy atom. The first kappa shape index (κ1) is 450. The molecule has 2 radical (unpaired) electrons. The van der Waals surface area contributed by atoms with E-state index in [1.54, 1.807) is 0 Å². The molecular formula is H33N10Na3S3Sb+3. The molecular weight excluding hydrogens is 427 g/mol. The van der Waals surface area contributed by atoms with Crippen molar-refractivity contribution in [1.82, 2.24) is 61.5 Å². The first-order valence-electron chi connectivity index (χ1n) is 0. The monoisotopic (exact) mass is 459 g/mol. The summed E-state index contributed by atoms with van der Waals surface area (Å²) in [5.74, 6) is 0. The van der Waals surface area contributed by atoms with E-state index in [0.29, 0.717) is 0 Å². The predicted octanol–water partition coefficient (Wildman–Crippen LogP) is -7.11. The first-order valence-corrected chi connectivity index (χ1v) is 0. The molecule has 0 aliphatic carbocycles. The molecule has 17 heavy (non-hydrogen) atoms. The Labute approximate surface area is 211 Å². The maximum atomic E-state index is 0. The predicted molar refractivity (Wildman–Crippen MR) is 81.0 cm³/mol. The number of quaternary nitrogens is 3. The van der Waals surface area contributed by atoms with Crippen molar-refractivity contribution >= 4 is 64.9 Å². The summed E-state index contributed by atoms with van der Waals surface area (Å²) in [5.41, 5.74) is 0. The maximum Gasteiger partial charge on any atom is 3.00 e. The summed E-state index contributed by atoms with van der Waals surface area (Å²) >= 11 is 0. The van der Waals surface area contributed by atoms with E-state index in [4.69, 9.17) is 0 Å².